The number of benzene rings is 4. The van der Waals surface area contributed by atoms with Gasteiger partial charge in [0.2, 0.25) is 0 Å². The van der Waals surface area contributed by atoms with E-state index in [4.69, 9.17) is 19.9 Å². The quantitative estimate of drug-likeness (QED) is 0.214. The van der Waals surface area contributed by atoms with Crippen molar-refractivity contribution in [3.8, 4) is 33.9 Å². The van der Waals surface area contributed by atoms with Crippen molar-refractivity contribution in [1.29, 1.82) is 0 Å². The van der Waals surface area contributed by atoms with Crippen molar-refractivity contribution in [1.82, 2.24) is 29.1 Å². The van der Waals surface area contributed by atoms with E-state index in [1.807, 2.05) is 48.8 Å². The van der Waals surface area contributed by atoms with Crippen molar-refractivity contribution in [2.75, 3.05) is 0 Å². The summed E-state index contributed by atoms with van der Waals surface area (Å²) in [4.78, 5) is 20.3. The molecule has 0 amide bonds. The third-order valence-electron chi connectivity index (χ3n) is 8.23. The van der Waals surface area contributed by atoms with Gasteiger partial charge in [0.1, 0.15) is 11.0 Å². The minimum absolute atomic E-state index is 0.783. The Bertz CT molecular complexity index is 2290. The summed E-state index contributed by atoms with van der Waals surface area (Å²) >= 11 is 0. The smallest absolute Gasteiger partial charge is 0.166 e. The van der Waals surface area contributed by atoms with Crippen molar-refractivity contribution in [2.45, 2.75) is 0 Å². The van der Waals surface area contributed by atoms with Gasteiger partial charge >= 0.3 is 0 Å². The average Bonchev–Trinajstić information content (AvgIpc) is 3.60. The maximum absolute atomic E-state index is 5.37. The zero-order valence-corrected chi connectivity index (χ0v) is 23.5. The third kappa shape index (κ3) is 3.75. The SMILES string of the molecule is c1ccc(-c2ccc(-n3c4ccccc4c4nc5c6ccccc6n(-c6ccc(-c7ccccc7)nc6)c5nc43)cn2)cc1. The molecule has 0 aliphatic carbocycles. The molecule has 6 heteroatoms. The number of fused-ring (bicyclic) bond motifs is 6. The largest absolute Gasteiger partial charge is 0.291 e. The van der Waals surface area contributed by atoms with E-state index >= 15 is 0 Å². The van der Waals surface area contributed by atoms with Crippen molar-refractivity contribution in [2.24, 2.45) is 0 Å². The molecule has 206 valence electrons. The van der Waals surface area contributed by atoms with Gasteiger partial charge in [0.25, 0.3) is 0 Å². The minimum atomic E-state index is 0.783. The van der Waals surface area contributed by atoms with Gasteiger partial charge < -0.3 is 0 Å². The topological polar surface area (TPSA) is 61.4 Å². The van der Waals surface area contributed by atoms with Crippen LogP contribution in [0, 0.1) is 0 Å². The van der Waals surface area contributed by atoms with Crippen LogP contribution in [-0.2, 0) is 0 Å². The van der Waals surface area contributed by atoms with E-state index in [2.05, 4.69) is 106 Å². The van der Waals surface area contributed by atoms with E-state index in [1.54, 1.807) is 0 Å². The maximum atomic E-state index is 5.37. The van der Waals surface area contributed by atoms with E-state index < -0.39 is 0 Å². The molecule has 9 aromatic rings. The van der Waals surface area contributed by atoms with Crippen LogP contribution in [0.1, 0.15) is 0 Å². The van der Waals surface area contributed by atoms with Crippen molar-refractivity contribution >= 4 is 44.1 Å². The van der Waals surface area contributed by atoms with Crippen LogP contribution in [0.4, 0.5) is 0 Å². The molecular weight excluding hydrogens is 540 g/mol. The predicted octanol–water partition coefficient (Wildman–Crippen LogP) is 8.79. The number of rotatable bonds is 4. The highest BCUT2D eigenvalue weighted by Crippen LogP contribution is 2.36. The molecule has 0 N–H and O–H groups in total. The Balaban J connectivity index is 1.29. The molecule has 5 aromatic heterocycles. The molecule has 0 aliphatic rings. The molecule has 6 nitrogen and oxygen atoms in total. The third-order valence-corrected chi connectivity index (χ3v) is 8.23. The predicted molar refractivity (Wildman–Crippen MR) is 177 cm³/mol. The van der Waals surface area contributed by atoms with Gasteiger partial charge in [-0.2, -0.15) is 0 Å². The number of para-hydroxylation sites is 2. The maximum Gasteiger partial charge on any atom is 0.166 e. The first kappa shape index (κ1) is 24.5. The summed E-state index contributed by atoms with van der Waals surface area (Å²) in [5.41, 5.74) is 11.2. The number of aromatic nitrogens is 6. The number of hydrogen-bond acceptors (Lipinski definition) is 4. The molecule has 9 rings (SSSR count). The van der Waals surface area contributed by atoms with Crippen LogP contribution in [0.2, 0.25) is 0 Å². The molecule has 4 aromatic carbocycles. The number of pyridine rings is 2. The fraction of sp³-hybridized carbons (Fsp3) is 0. The number of nitrogens with zero attached hydrogens (tertiary/aromatic N) is 6. The Kier molecular flexibility index (Phi) is 5.40. The summed E-state index contributed by atoms with van der Waals surface area (Å²) in [5.74, 6) is 0. The highest BCUT2D eigenvalue weighted by molar-refractivity contribution is 6.12. The zero-order chi connectivity index (χ0) is 29.0. The van der Waals surface area contributed by atoms with E-state index in [0.29, 0.717) is 0 Å². The van der Waals surface area contributed by atoms with E-state index in [9.17, 15) is 0 Å². The lowest BCUT2D eigenvalue weighted by atomic mass is 10.1. The molecule has 0 unspecified atom stereocenters. The molecule has 0 radical (unpaired) electrons. The lowest BCUT2D eigenvalue weighted by Gasteiger charge is -2.10. The van der Waals surface area contributed by atoms with Crippen LogP contribution in [0.3, 0.4) is 0 Å². The monoisotopic (exact) mass is 564 g/mol. The second-order valence-electron chi connectivity index (χ2n) is 10.8. The first-order chi connectivity index (χ1) is 21.8. The summed E-state index contributed by atoms with van der Waals surface area (Å²) in [6.45, 7) is 0. The number of hydrogen-bond donors (Lipinski definition) is 0. The van der Waals surface area contributed by atoms with Crippen LogP contribution >= 0.6 is 0 Å². The van der Waals surface area contributed by atoms with Crippen molar-refractivity contribution in [3.63, 3.8) is 0 Å². The Hall–Kier alpha value is -6.14. The lowest BCUT2D eigenvalue weighted by Crippen LogP contribution is -2.00. The molecule has 5 heterocycles. The lowest BCUT2D eigenvalue weighted by molar-refractivity contribution is 1.08. The molecule has 0 saturated heterocycles. The van der Waals surface area contributed by atoms with Gasteiger partial charge in [0.15, 0.2) is 11.3 Å². The minimum Gasteiger partial charge on any atom is -0.291 e. The first-order valence-electron chi connectivity index (χ1n) is 14.6. The van der Waals surface area contributed by atoms with Gasteiger partial charge in [-0.3, -0.25) is 19.1 Å². The first-order valence-corrected chi connectivity index (χ1v) is 14.6. The molecule has 0 spiro atoms. The Morgan fingerprint density at radius 3 is 1.25 bits per heavy atom. The normalized spacial score (nSPS) is 11.6. The van der Waals surface area contributed by atoms with Crippen LogP contribution in [0.5, 0.6) is 0 Å². The Morgan fingerprint density at radius 1 is 0.386 bits per heavy atom. The van der Waals surface area contributed by atoms with Gasteiger partial charge in [-0.1, -0.05) is 97.1 Å². The van der Waals surface area contributed by atoms with Gasteiger partial charge in [0.05, 0.1) is 46.2 Å². The van der Waals surface area contributed by atoms with E-state index in [-0.39, 0.29) is 0 Å². The Morgan fingerprint density at radius 2 is 0.818 bits per heavy atom. The van der Waals surface area contributed by atoms with Crippen LogP contribution in [-0.4, -0.2) is 29.1 Å². The summed E-state index contributed by atoms with van der Waals surface area (Å²) < 4.78 is 4.33. The van der Waals surface area contributed by atoms with Gasteiger partial charge in [-0.05, 0) is 36.4 Å². The fourth-order valence-corrected chi connectivity index (χ4v) is 6.18. The van der Waals surface area contributed by atoms with Crippen LogP contribution in [0.15, 0.2) is 146 Å². The molecule has 0 aliphatic heterocycles. The second-order valence-corrected chi connectivity index (χ2v) is 10.8. The van der Waals surface area contributed by atoms with Gasteiger partial charge in [-0.15, -0.1) is 0 Å². The van der Waals surface area contributed by atoms with Crippen LogP contribution in [0.25, 0.3) is 78.0 Å². The summed E-state index contributed by atoms with van der Waals surface area (Å²) in [7, 11) is 0. The molecular formula is C38H24N6. The summed E-state index contributed by atoms with van der Waals surface area (Å²) in [6, 6.07) is 45.5. The standard InChI is InChI=1S/C38H24N6/c1-3-11-25(12-4-1)31-21-19-27(23-39-31)43-33-17-9-7-15-29(33)35-37(43)42-38-36(41-35)30-16-8-10-18-34(30)44(38)28-20-22-32(40-24-28)26-13-5-2-6-14-26/h1-24H. The Labute approximate surface area is 252 Å². The van der Waals surface area contributed by atoms with Crippen molar-refractivity contribution in [3.05, 3.63) is 146 Å². The van der Waals surface area contributed by atoms with E-state index in [0.717, 1.165) is 78.0 Å². The fourth-order valence-electron chi connectivity index (χ4n) is 6.18. The molecule has 44 heavy (non-hydrogen) atoms. The van der Waals surface area contributed by atoms with E-state index in [1.165, 1.54) is 0 Å². The molecule has 0 saturated carbocycles. The second kappa shape index (κ2) is 9.71. The average molecular weight is 565 g/mol. The van der Waals surface area contributed by atoms with Crippen LogP contribution < -0.4 is 0 Å². The van der Waals surface area contributed by atoms with Gasteiger partial charge in [-0.25, -0.2) is 9.97 Å². The highest BCUT2D eigenvalue weighted by Gasteiger charge is 2.21. The van der Waals surface area contributed by atoms with Gasteiger partial charge in [0, 0.05) is 21.9 Å². The molecule has 0 atom stereocenters. The molecule has 0 fully saturated rings. The highest BCUT2D eigenvalue weighted by atomic mass is 15.1. The van der Waals surface area contributed by atoms with Crippen molar-refractivity contribution < 1.29 is 0 Å². The summed E-state index contributed by atoms with van der Waals surface area (Å²) in [6.07, 6.45) is 3.84. The summed E-state index contributed by atoms with van der Waals surface area (Å²) in [5, 5.41) is 2.10. The molecule has 0 bridgehead atoms. The zero-order valence-electron chi connectivity index (χ0n) is 23.5.